The fourth-order valence-corrected chi connectivity index (χ4v) is 5.54. The highest BCUT2D eigenvalue weighted by molar-refractivity contribution is 5.73. The van der Waals surface area contributed by atoms with Gasteiger partial charge in [0.05, 0.1) is 7.11 Å². The Kier molecular flexibility index (Phi) is 7.25. The van der Waals surface area contributed by atoms with Crippen LogP contribution in [-0.4, -0.2) is 55.9 Å². The molecule has 0 unspecified atom stereocenters. The van der Waals surface area contributed by atoms with Gasteiger partial charge in [-0.1, -0.05) is 30.3 Å². The van der Waals surface area contributed by atoms with E-state index in [-0.39, 0.29) is 11.6 Å². The summed E-state index contributed by atoms with van der Waals surface area (Å²) in [6.45, 7) is 0.540. The smallest absolute Gasteiger partial charge is 0.320 e. The van der Waals surface area contributed by atoms with Gasteiger partial charge in [-0.2, -0.15) is 0 Å². The summed E-state index contributed by atoms with van der Waals surface area (Å²) in [4.78, 5) is 13.6. The lowest BCUT2D eigenvalue weighted by Gasteiger charge is -2.45. The number of carboxylic acids is 1. The molecule has 0 spiro atoms. The molecular weight excluding hydrogens is 416 g/mol. The second-order valence-electron chi connectivity index (χ2n) is 9.73. The fraction of sp³-hybridized carbons (Fsp3) is 0.519. The Morgan fingerprint density at radius 2 is 1.82 bits per heavy atom. The first kappa shape index (κ1) is 23.6. The maximum Gasteiger partial charge on any atom is 0.320 e. The lowest BCUT2D eigenvalue weighted by molar-refractivity contribution is -0.139. The summed E-state index contributed by atoms with van der Waals surface area (Å²) in [5.41, 5.74) is 2.74. The number of ether oxygens (including phenoxy) is 2. The number of benzene rings is 2. The third-order valence-corrected chi connectivity index (χ3v) is 7.49. The van der Waals surface area contributed by atoms with Gasteiger partial charge in [0, 0.05) is 24.6 Å². The van der Waals surface area contributed by atoms with Crippen molar-refractivity contribution in [3.63, 3.8) is 0 Å². The first-order valence-corrected chi connectivity index (χ1v) is 11.9. The monoisotopic (exact) mass is 452 g/mol. The minimum atomic E-state index is -0.825. The van der Waals surface area contributed by atoms with E-state index in [0.717, 1.165) is 30.8 Å². The van der Waals surface area contributed by atoms with Crippen molar-refractivity contribution in [1.82, 2.24) is 10.2 Å². The Morgan fingerprint density at radius 3 is 2.42 bits per heavy atom. The molecule has 2 N–H and O–H groups in total. The van der Waals surface area contributed by atoms with Crippen molar-refractivity contribution in [2.75, 3.05) is 27.7 Å². The number of nitrogens with zero attached hydrogens (tertiary/aromatic N) is 1. The summed E-state index contributed by atoms with van der Waals surface area (Å²) in [6.07, 6.45) is 5.95. The molecule has 2 aromatic rings. The molecular formula is C27H36N2O4. The highest BCUT2D eigenvalue weighted by atomic mass is 16.5. The van der Waals surface area contributed by atoms with Crippen LogP contribution >= 0.6 is 0 Å². The minimum absolute atomic E-state index is 0.108. The Morgan fingerprint density at radius 1 is 1.12 bits per heavy atom. The highest BCUT2D eigenvalue weighted by Gasteiger charge is 2.38. The van der Waals surface area contributed by atoms with Crippen molar-refractivity contribution < 1.29 is 19.4 Å². The summed E-state index contributed by atoms with van der Waals surface area (Å²) in [6, 6.07) is 16.5. The van der Waals surface area contributed by atoms with Crippen LogP contribution < -0.4 is 14.8 Å². The molecule has 0 radical (unpaired) electrons. The summed E-state index contributed by atoms with van der Waals surface area (Å²) in [7, 11) is 6.07. The van der Waals surface area contributed by atoms with E-state index in [4.69, 9.17) is 9.47 Å². The van der Waals surface area contributed by atoms with Gasteiger partial charge in [0.15, 0.2) is 0 Å². The molecule has 4 rings (SSSR count). The van der Waals surface area contributed by atoms with E-state index in [1.54, 1.807) is 7.11 Å². The number of methoxy groups -OCH3 is 1. The third kappa shape index (κ3) is 5.33. The molecule has 6 heteroatoms. The number of rotatable bonds is 8. The lowest BCUT2D eigenvalue weighted by Crippen LogP contribution is -2.44. The van der Waals surface area contributed by atoms with E-state index in [9.17, 15) is 9.90 Å². The number of carbonyl (C=O) groups is 1. The maximum atomic E-state index is 11.2. The van der Waals surface area contributed by atoms with E-state index in [0.29, 0.717) is 18.9 Å². The van der Waals surface area contributed by atoms with Crippen molar-refractivity contribution in [2.24, 2.45) is 5.92 Å². The van der Waals surface area contributed by atoms with Crippen LogP contribution in [0.3, 0.4) is 0 Å². The number of carboxylic acid groups (broad SMARTS) is 1. The van der Waals surface area contributed by atoms with Crippen LogP contribution in [0, 0.1) is 5.92 Å². The predicted octanol–water partition coefficient (Wildman–Crippen LogP) is 4.08. The van der Waals surface area contributed by atoms with Crippen LogP contribution in [-0.2, 0) is 16.8 Å². The van der Waals surface area contributed by atoms with Crippen molar-refractivity contribution in [3.05, 3.63) is 59.7 Å². The van der Waals surface area contributed by atoms with Crippen molar-refractivity contribution >= 4 is 5.97 Å². The van der Waals surface area contributed by atoms with Crippen molar-refractivity contribution in [2.45, 2.75) is 56.2 Å². The van der Waals surface area contributed by atoms with E-state index >= 15 is 0 Å². The zero-order valence-electron chi connectivity index (χ0n) is 19.9. The molecule has 1 heterocycles. The molecule has 1 saturated carbocycles. The zero-order valence-corrected chi connectivity index (χ0v) is 19.9. The van der Waals surface area contributed by atoms with Crippen LogP contribution in [0.4, 0.5) is 0 Å². The topological polar surface area (TPSA) is 71.0 Å². The highest BCUT2D eigenvalue weighted by Crippen LogP contribution is 2.44. The molecule has 2 aliphatic rings. The Labute approximate surface area is 196 Å². The second kappa shape index (κ2) is 10.1. The minimum Gasteiger partial charge on any atom is -0.497 e. The summed E-state index contributed by atoms with van der Waals surface area (Å²) in [5, 5.41) is 12.2. The SMILES string of the molecule is COc1cc(CC2CCC(c3ccccc3)(N(C)C)CC2)cc(O[C@@H]2CN[C@H](C(=O)O)C2)c1. The van der Waals surface area contributed by atoms with E-state index in [2.05, 4.69) is 66.8 Å². The normalized spacial score (nSPS) is 27.5. The molecule has 1 aliphatic carbocycles. The summed E-state index contributed by atoms with van der Waals surface area (Å²) in [5.74, 6) is 1.33. The quantitative estimate of drug-likeness (QED) is 0.629. The largest absolute Gasteiger partial charge is 0.497 e. The van der Waals surface area contributed by atoms with Gasteiger partial charge in [-0.3, -0.25) is 9.69 Å². The van der Waals surface area contributed by atoms with Gasteiger partial charge in [-0.15, -0.1) is 0 Å². The van der Waals surface area contributed by atoms with Gasteiger partial charge in [-0.05, 0) is 75.4 Å². The summed E-state index contributed by atoms with van der Waals surface area (Å²) < 4.78 is 11.7. The number of hydrogen-bond donors (Lipinski definition) is 2. The third-order valence-electron chi connectivity index (χ3n) is 7.49. The number of hydrogen-bond acceptors (Lipinski definition) is 5. The Hall–Kier alpha value is -2.57. The standard InChI is InChI=1S/C27H36N2O4/c1-29(2)27(21-7-5-4-6-8-21)11-9-19(10-12-27)13-20-14-22(32-3)16-23(15-20)33-24-17-25(26(30)31)28-18-24/h4-8,14-16,19,24-25,28H,9-13,17-18H2,1-3H3,(H,30,31)/t19?,24-,25-,27?/m0/s1. The molecule has 0 amide bonds. The summed E-state index contributed by atoms with van der Waals surface area (Å²) >= 11 is 0. The van der Waals surface area contributed by atoms with Gasteiger partial charge in [0.2, 0.25) is 0 Å². The Bertz CT molecular complexity index is 938. The van der Waals surface area contributed by atoms with Crippen LogP contribution in [0.2, 0.25) is 0 Å². The lowest BCUT2D eigenvalue weighted by atomic mass is 9.70. The molecule has 6 nitrogen and oxygen atoms in total. The fourth-order valence-electron chi connectivity index (χ4n) is 5.54. The van der Waals surface area contributed by atoms with Crippen LogP contribution in [0.5, 0.6) is 11.5 Å². The van der Waals surface area contributed by atoms with Gasteiger partial charge < -0.3 is 19.9 Å². The molecule has 1 aliphatic heterocycles. The molecule has 0 aromatic heterocycles. The first-order valence-electron chi connectivity index (χ1n) is 11.9. The Balaban J connectivity index is 1.42. The molecule has 2 aromatic carbocycles. The molecule has 178 valence electrons. The molecule has 2 fully saturated rings. The van der Waals surface area contributed by atoms with Gasteiger partial charge in [0.25, 0.3) is 0 Å². The number of aliphatic carboxylic acids is 1. The zero-order chi connectivity index (χ0) is 23.4. The molecule has 0 bridgehead atoms. The van der Waals surface area contributed by atoms with Gasteiger partial charge in [-0.25, -0.2) is 0 Å². The van der Waals surface area contributed by atoms with Crippen molar-refractivity contribution in [1.29, 1.82) is 0 Å². The maximum absolute atomic E-state index is 11.2. The molecule has 33 heavy (non-hydrogen) atoms. The average molecular weight is 453 g/mol. The van der Waals surface area contributed by atoms with E-state index in [1.807, 2.05) is 6.07 Å². The van der Waals surface area contributed by atoms with Crippen LogP contribution in [0.25, 0.3) is 0 Å². The van der Waals surface area contributed by atoms with E-state index in [1.165, 1.54) is 24.0 Å². The van der Waals surface area contributed by atoms with E-state index < -0.39 is 12.0 Å². The van der Waals surface area contributed by atoms with Crippen LogP contribution in [0.15, 0.2) is 48.5 Å². The first-order chi connectivity index (χ1) is 15.9. The molecule has 2 atom stereocenters. The predicted molar refractivity (Wildman–Crippen MR) is 129 cm³/mol. The molecule has 1 saturated heterocycles. The van der Waals surface area contributed by atoms with Crippen molar-refractivity contribution in [3.8, 4) is 11.5 Å². The average Bonchev–Trinajstić information content (AvgIpc) is 3.29. The number of nitrogens with one attached hydrogen (secondary N) is 1. The van der Waals surface area contributed by atoms with Gasteiger partial charge >= 0.3 is 5.97 Å². The van der Waals surface area contributed by atoms with Gasteiger partial charge in [0.1, 0.15) is 23.6 Å². The second-order valence-corrected chi connectivity index (χ2v) is 9.73. The van der Waals surface area contributed by atoms with Crippen LogP contribution in [0.1, 0.15) is 43.2 Å².